The highest BCUT2D eigenvalue weighted by Crippen LogP contribution is 2.34. The fourth-order valence-corrected chi connectivity index (χ4v) is 3.36. The number of benzene rings is 1. The Morgan fingerprint density at radius 1 is 1.21 bits per heavy atom. The van der Waals surface area contributed by atoms with Crippen molar-refractivity contribution < 1.29 is 0 Å². The van der Waals surface area contributed by atoms with Crippen LogP contribution in [0.25, 0.3) is 0 Å². The summed E-state index contributed by atoms with van der Waals surface area (Å²) in [5, 5.41) is 4.16. The summed E-state index contributed by atoms with van der Waals surface area (Å²) >= 11 is 5.66. The van der Waals surface area contributed by atoms with Gasteiger partial charge >= 0.3 is 0 Å². The SMILES string of the molecule is CCCNC(C)c1ccc(SC(C)C(C)C)c(Br)c1. The van der Waals surface area contributed by atoms with Crippen molar-refractivity contribution in [1.82, 2.24) is 5.32 Å². The van der Waals surface area contributed by atoms with Crippen molar-refractivity contribution in [2.24, 2.45) is 5.92 Å². The first-order valence-electron chi connectivity index (χ1n) is 7.15. The lowest BCUT2D eigenvalue weighted by atomic mass is 10.1. The highest BCUT2D eigenvalue weighted by atomic mass is 79.9. The molecule has 1 rings (SSSR count). The molecule has 0 spiro atoms. The van der Waals surface area contributed by atoms with Gasteiger partial charge in [-0.1, -0.05) is 33.8 Å². The van der Waals surface area contributed by atoms with Crippen LogP contribution in [0.1, 0.15) is 52.6 Å². The predicted octanol–water partition coefficient (Wildman–Crippen LogP) is 5.65. The van der Waals surface area contributed by atoms with Gasteiger partial charge in [0.2, 0.25) is 0 Å². The van der Waals surface area contributed by atoms with E-state index in [1.807, 2.05) is 11.8 Å². The van der Waals surface area contributed by atoms with Crippen LogP contribution in [0.5, 0.6) is 0 Å². The maximum Gasteiger partial charge on any atom is 0.0314 e. The zero-order chi connectivity index (χ0) is 14.4. The van der Waals surface area contributed by atoms with E-state index in [2.05, 4.69) is 74.1 Å². The summed E-state index contributed by atoms with van der Waals surface area (Å²) in [6.45, 7) is 12.3. The zero-order valence-electron chi connectivity index (χ0n) is 12.7. The number of halogens is 1. The third-order valence-corrected chi connectivity index (χ3v) is 5.85. The van der Waals surface area contributed by atoms with E-state index in [-0.39, 0.29) is 0 Å². The average molecular weight is 344 g/mol. The van der Waals surface area contributed by atoms with Crippen LogP contribution >= 0.6 is 27.7 Å². The van der Waals surface area contributed by atoms with Crippen molar-refractivity contribution in [3.63, 3.8) is 0 Å². The number of thioether (sulfide) groups is 1. The normalized spacial score (nSPS) is 14.7. The second-order valence-corrected chi connectivity index (χ2v) is 7.71. The molecule has 0 amide bonds. The minimum atomic E-state index is 0.415. The van der Waals surface area contributed by atoms with E-state index < -0.39 is 0 Å². The van der Waals surface area contributed by atoms with E-state index in [4.69, 9.17) is 0 Å². The molecule has 0 aliphatic heterocycles. The van der Waals surface area contributed by atoms with E-state index >= 15 is 0 Å². The fraction of sp³-hybridized carbons (Fsp3) is 0.625. The molecular weight excluding hydrogens is 318 g/mol. The molecule has 1 nitrogen and oxygen atoms in total. The molecule has 2 unspecified atom stereocenters. The first-order chi connectivity index (χ1) is 8.95. The highest BCUT2D eigenvalue weighted by Gasteiger charge is 2.12. The van der Waals surface area contributed by atoms with Crippen LogP contribution in [0.15, 0.2) is 27.6 Å². The van der Waals surface area contributed by atoms with Gasteiger partial charge in [0.05, 0.1) is 0 Å². The molecule has 1 aromatic carbocycles. The first kappa shape index (κ1) is 17.1. The Kier molecular flexibility index (Phi) is 7.48. The van der Waals surface area contributed by atoms with Crippen LogP contribution in [0, 0.1) is 5.92 Å². The molecule has 0 heterocycles. The van der Waals surface area contributed by atoms with Crippen molar-refractivity contribution >= 4 is 27.7 Å². The summed E-state index contributed by atoms with van der Waals surface area (Å²) in [6, 6.07) is 7.15. The average Bonchev–Trinajstić information content (AvgIpc) is 2.37. The van der Waals surface area contributed by atoms with Crippen LogP contribution < -0.4 is 5.32 Å². The number of rotatable bonds is 7. The molecule has 0 aromatic heterocycles. The lowest BCUT2D eigenvalue weighted by Crippen LogP contribution is -2.19. The minimum absolute atomic E-state index is 0.415. The van der Waals surface area contributed by atoms with E-state index in [0.717, 1.165) is 6.54 Å². The summed E-state index contributed by atoms with van der Waals surface area (Å²) < 4.78 is 1.22. The van der Waals surface area contributed by atoms with Gasteiger partial charge in [-0.3, -0.25) is 0 Å². The molecule has 0 aliphatic rings. The Hall–Kier alpha value is 0.01000. The number of hydrogen-bond donors (Lipinski definition) is 1. The summed E-state index contributed by atoms with van der Waals surface area (Å²) in [7, 11) is 0. The van der Waals surface area contributed by atoms with E-state index in [9.17, 15) is 0 Å². The molecular formula is C16H26BrNS. The zero-order valence-corrected chi connectivity index (χ0v) is 15.1. The van der Waals surface area contributed by atoms with Gasteiger partial charge in [-0.15, -0.1) is 11.8 Å². The number of nitrogens with one attached hydrogen (secondary N) is 1. The quantitative estimate of drug-likeness (QED) is 0.642. The minimum Gasteiger partial charge on any atom is -0.310 e. The van der Waals surface area contributed by atoms with Crippen LogP contribution in [0.2, 0.25) is 0 Å². The Morgan fingerprint density at radius 2 is 1.89 bits per heavy atom. The molecule has 0 fully saturated rings. The molecule has 1 N–H and O–H groups in total. The maximum absolute atomic E-state index is 3.71. The fourth-order valence-electron chi connectivity index (χ4n) is 1.70. The molecule has 0 bridgehead atoms. The second-order valence-electron chi connectivity index (χ2n) is 5.43. The van der Waals surface area contributed by atoms with Crippen molar-refractivity contribution in [1.29, 1.82) is 0 Å². The molecule has 2 atom stereocenters. The monoisotopic (exact) mass is 343 g/mol. The summed E-state index contributed by atoms with van der Waals surface area (Å²) in [5.41, 5.74) is 1.35. The van der Waals surface area contributed by atoms with Crippen molar-refractivity contribution in [3.8, 4) is 0 Å². The van der Waals surface area contributed by atoms with E-state index in [1.165, 1.54) is 21.4 Å². The van der Waals surface area contributed by atoms with Gasteiger partial charge in [0.25, 0.3) is 0 Å². The lowest BCUT2D eigenvalue weighted by Gasteiger charge is -2.18. The predicted molar refractivity (Wildman–Crippen MR) is 91.0 cm³/mol. The summed E-state index contributed by atoms with van der Waals surface area (Å²) in [5.74, 6) is 0.696. The van der Waals surface area contributed by atoms with E-state index in [1.54, 1.807) is 0 Å². The molecule has 1 aromatic rings. The third kappa shape index (κ3) is 5.49. The molecule has 0 saturated heterocycles. The molecule has 108 valence electrons. The lowest BCUT2D eigenvalue weighted by molar-refractivity contribution is 0.570. The van der Waals surface area contributed by atoms with Gasteiger partial charge in [-0.05, 0) is 59.4 Å². The van der Waals surface area contributed by atoms with Gasteiger partial charge in [0, 0.05) is 20.7 Å². The third-order valence-electron chi connectivity index (χ3n) is 3.41. The molecule has 0 saturated carbocycles. The standard InChI is InChI=1S/C16H26BrNS/c1-6-9-18-12(4)14-7-8-16(15(17)10-14)19-13(5)11(2)3/h7-8,10-13,18H,6,9H2,1-5H3. The van der Waals surface area contributed by atoms with Gasteiger partial charge in [-0.25, -0.2) is 0 Å². The van der Waals surface area contributed by atoms with Gasteiger partial charge in [0.15, 0.2) is 0 Å². The number of hydrogen-bond acceptors (Lipinski definition) is 2. The topological polar surface area (TPSA) is 12.0 Å². The highest BCUT2D eigenvalue weighted by molar-refractivity contribution is 9.10. The largest absolute Gasteiger partial charge is 0.310 e. The molecule has 3 heteroatoms. The van der Waals surface area contributed by atoms with Crippen LogP contribution in [0.4, 0.5) is 0 Å². The van der Waals surface area contributed by atoms with Gasteiger partial charge < -0.3 is 5.32 Å². The maximum atomic E-state index is 3.71. The van der Waals surface area contributed by atoms with Crippen LogP contribution in [-0.4, -0.2) is 11.8 Å². The summed E-state index contributed by atoms with van der Waals surface area (Å²) in [4.78, 5) is 1.34. The molecule has 0 radical (unpaired) electrons. The second kappa shape index (κ2) is 8.33. The van der Waals surface area contributed by atoms with Crippen molar-refractivity contribution in [2.45, 2.75) is 57.2 Å². The Balaban J connectivity index is 2.74. The Labute approximate surface area is 131 Å². The van der Waals surface area contributed by atoms with Crippen molar-refractivity contribution in [3.05, 3.63) is 28.2 Å². The van der Waals surface area contributed by atoms with Crippen LogP contribution in [0.3, 0.4) is 0 Å². The Morgan fingerprint density at radius 3 is 2.42 bits per heavy atom. The molecule has 19 heavy (non-hydrogen) atoms. The first-order valence-corrected chi connectivity index (χ1v) is 8.82. The Bertz CT molecular complexity index is 392. The van der Waals surface area contributed by atoms with E-state index in [0.29, 0.717) is 17.2 Å². The summed E-state index contributed by atoms with van der Waals surface area (Å²) in [6.07, 6.45) is 1.17. The smallest absolute Gasteiger partial charge is 0.0314 e. The van der Waals surface area contributed by atoms with Gasteiger partial charge in [-0.2, -0.15) is 0 Å². The van der Waals surface area contributed by atoms with Crippen molar-refractivity contribution in [2.75, 3.05) is 6.54 Å². The van der Waals surface area contributed by atoms with Gasteiger partial charge in [0.1, 0.15) is 0 Å². The molecule has 0 aliphatic carbocycles. The van der Waals surface area contributed by atoms with Crippen LogP contribution in [-0.2, 0) is 0 Å².